The number of allylic oxidation sites excluding steroid dienone is 4. The van der Waals surface area contributed by atoms with Crippen LogP contribution in [0.4, 0.5) is 0 Å². The Morgan fingerprint density at radius 2 is 2.19 bits per heavy atom. The summed E-state index contributed by atoms with van der Waals surface area (Å²) in [6.07, 6.45) is 6.09. The van der Waals surface area contributed by atoms with Gasteiger partial charge in [0.25, 0.3) is 0 Å². The zero-order valence-electron chi connectivity index (χ0n) is 12.9. The molecule has 0 saturated carbocycles. The van der Waals surface area contributed by atoms with Gasteiger partial charge in [-0.2, -0.15) is 5.10 Å². The monoisotopic (exact) mass is 288 g/mol. The van der Waals surface area contributed by atoms with E-state index in [9.17, 15) is 4.79 Å². The van der Waals surface area contributed by atoms with E-state index >= 15 is 0 Å². The molecule has 0 atom stereocenters. The fourth-order valence-corrected chi connectivity index (χ4v) is 1.83. The first-order valence-electron chi connectivity index (χ1n) is 7.03. The van der Waals surface area contributed by atoms with Crippen LogP contribution in [0.1, 0.15) is 20.3 Å². The Bertz CT molecular complexity index is 487. The quantitative estimate of drug-likeness (QED) is 0.409. The van der Waals surface area contributed by atoms with Gasteiger partial charge in [-0.1, -0.05) is 26.2 Å². The summed E-state index contributed by atoms with van der Waals surface area (Å²) in [5.41, 5.74) is 2.25. The Hall–Kier alpha value is -2.14. The van der Waals surface area contributed by atoms with Crippen molar-refractivity contribution in [2.24, 2.45) is 11.0 Å². The van der Waals surface area contributed by atoms with E-state index in [-0.39, 0.29) is 11.8 Å². The van der Waals surface area contributed by atoms with Crippen LogP contribution in [0.3, 0.4) is 0 Å². The molecule has 0 unspecified atom stereocenters. The second-order valence-electron chi connectivity index (χ2n) is 4.73. The number of amides is 1. The van der Waals surface area contributed by atoms with Gasteiger partial charge in [-0.3, -0.25) is 4.79 Å². The summed E-state index contributed by atoms with van der Waals surface area (Å²) in [6, 6.07) is 0. The van der Waals surface area contributed by atoms with Crippen LogP contribution in [0.25, 0.3) is 0 Å². The molecule has 1 aliphatic heterocycles. The van der Waals surface area contributed by atoms with Crippen LogP contribution in [0.5, 0.6) is 0 Å². The molecule has 2 N–H and O–H groups in total. The average Bonchev–Trinajstić information content (AvgIpc) is 2.43. The maximum absolute atomic E-state index is 12.0. The van der Waals surface area contributed by atoms with Crippen molar-refractivity contribution >= 4 is 12.6 Å². The van der Waals surface area contributed by atoms with E-state index < -0.39 is 0 Å². The number of nitrogens with zero attached hydrogens (tertiary/aromatic N) is 2. The maximum Gasteiger partial charge on any atom is 0.229 e. The highest BCUT2D eigenvalue weighted by atomic mass is 16.2. The topological polar surface area (TPSA) is 56.7 Å². The first kappa shape index (κ1) is 16.9. The molecule has 5 heteroatoms. The first-order valence-corrected chi connectivity index (χ1v) is 7.03. The number of hydrogen-bond donors (Lipinski definition) is 2. The SMILES string of the molecule is C=CC(=C)N(N=C)C(=C\C)/C=C(\CC)NC(=O)C1CNC1. The predicted octanol–water partition coefficient (Wildman–Crippen LogP) is 2.14. The van der Waals surface area contributed by atoms with Gasteiger partial charge in [0.15, 0.2) is 0 Å². The van der Waals surface area contributed by atoms with Gasteiger partial charge in [0.2, 0.25) is 5.91 Å². The van der Waals surface area contributed by atoms with E-state index in [0.29, 0.717) is 5.70 Å². The molecule has 1 aliphatic rings. The van der Waals surface area contributed by atoms with E-state index in [0.717, 1.165) is 30.9 Å². The maximum atomic E-state index is 12.0. The standard InChI is InChI=1S/C16H24N4O/c1-6-12(4)20(17-5)15(8-3)9-14(7-2)19-16(21)13-10-18-11-13/h6,8-9,13,18H,1,4-5,7,10-11H2,2-3H3,(H,19,21)/b14-9+,15-8-. The van der Waals surface area contributed by atoms with Crippen LogP contribution in [-0.4, -0.2) is 30.7 Å². The number of nitrogens with one attached hydrogen (secondary N) is 2. The lowest BCUT2D eigenvalue weighted by Crippen LogP contribution is -2.50. The molecule has 0 spiro atoms. The van der Waals surface area contributed by atoms with Crippen molar-refractivity contribution in [2.45, 2.75) is 20.3 Å². The van der Waals surface area contributed by atoms with Gasteiger partial charge in [-0.25, -0.2) is 5.01 Å². The molecule has 5 nitrogen and oxygen atoms in total. The Morgan fingerprint density at radius 3 is 2.57 bits per heavy atom. The number of carbonyl (C=O) groups excluding carboxylic acids is 1. The fraction of sp³-hybridized carbons (Fsp3) is 0.375. The Kier molecular flexibility index (Phi) is 6.62. The van der Waals surface area contributed by atoms with Gasteiger partial charge in [-0.05, 0) is 25.5 Å². The van der Waals surface area contributed by atoms with E-state index in [2.05, 4.69) is 35.6 Å². The minimum atomic E-state index is 0.0537. The largest absolute Gasteiger partial charge is 0.329 e. The van der Waals surface area contributed by atoms with Gasteiger partial charge >= 0.3 is 0 Å². The summed E-state index contributed by atoms with van der Waals surface area (Å²) in [7, 11) is 0. The van der Waals surface area contributed by atoms with Crippen molar-refractivity contribution in [1.82, 2.24) is 15.6 Å². The van der Waals surface area contributed by atoms with E-state index in [4.69, 9.17) is 0 Å². The van der Waals surface area contributed by atoms with Gasteiger partial charge in [0.1, 0.15) is 0 Å². The lowest BCUT2D eigenvalue weighted by atomic mass is 10.0. The molecule has 1 amide bonds. The minimum Gasteiger partial charge on any atom is -0.329 e. The lowest BCUT2D eigenvalue weighted by Gasteiger charge is -2.26. The third kappa shape index (κ3) is 4.43. The summed E-state index contributed by atoms with van der Waals surface area (Å²) in [5, 5.41) is 11.6. The second kappa shape index (κ2) is 8.21. The molecule has 0 aromatic rings. The normalized spacial score (nSPS) is 15.9. The molecule has 0 aromatic carbocycles. The molecule has 114 valence electrons. The van der Waals surface area contributed by atoms with Crippen molar-refractivity contribution in [3.8, 4) is 0 Å². The van der Waals surface area contributed by atoms with Gasteiger partial charge in [0, 0.05) is 25.5 Å². The molecule has 0 aliphatic carbocycles. The zero-order chi connectivity index (χ0) is 15.8. The molecular formula is C16H24N4O. The minimum absolute atomic E-state index is 0.0537. The Labute approximate surface area is 126 Å². The Balaban J connectivity index is 2.86. The van der Waals surface area contributed by atoms with Crippen molar-refractivity contribution in [3.05, 3.63) is 48.5 Å². The Morgan fingerprint density at radius 1 is 1.52 bits per heavy atom. The number of hydrazone groups is 1. The molecule has 1 heterocycles. The molecule has 1 rings (SSSR count). The van der Waals surface area contributed by atoms with E-state index in [1.165, 1.54) is 0 Å². The van der Waals surface area contributed by atoms with Crippen LogP contribution >= 0.6 is 0 Å². The van der Waals surface area contributed by atoms with Crippen molar-refractivity contribution in [3.63, 3.8) is 0 Å². The molecular weight excluding hydrogens is 264 g/mol. The number of carbonyl (C=O) groups is 1. The van der Waals surface area contributed by atoms with E-state index in [1.807, 2.05) is 26.0 Å². The third-order valence-electron chi connectivity index (χ3n) is 3.33. The first-order chi connectivity index (χ1) is 10.1. The number of hydrogen-bond acceptors (Lipinski definition) is 4. The van der Waals surface area contributed by atoms with Gasteiger partial charge < -0.3 is 10.6 Å². The predicted molar refractivity (Wildman–Crippen MR) is 87.4 cm³/mol. The smallest absolute Gasteiger partial charge is 0.229 e. The summed E-state index contributed by atoms with van der Waals surface area (Å²) in [4.78, 5) is 12.0. The molecule has 1 fully saturated rings. The van der Waals surface area contributed by atoms with Crippen molar-refractivity contribution in [2.75, 3.05) is 13.1 Å². The molecule has 0 bridgehead atoms. The molecule has 1 saturated heterocycles. The summed E-state index contributed by atoms with van der Waals surface area (Å²) in [6.45, 7) is 16.5. The highest BCUT2D eigenvalue weighted by Gasteiger charge is 2.25. The van der Waals surface area contributed by atoms with Crippen LogP contribution in [0.15, 0.2) is 53.6 Å². The average molecular weight is 288 g/mol. The molecule has 0 aromatic heterocycles. The second-order valence-corrected chi connectivity index (χ2v) is 4.73. The van der Waals surface area contributed by atoms with Crippen LogP contribution < -0.4 is 10.6 Å². The lowest BCUT2D eigenvalue weighted by molar-refractivity contribution is -0.125. The van der Waals surface area contributed by atoms with Crippen LogP contribution in [-0.2, 0) is 4.79 Å². The zero-order valence-corrected chi connectivity index (χ0v) is 12.9. The van der Waals surface area contributed by atoms with Crippen LogP contribution in [0, 0.1) is 5.92 Å². The van der Waals surface area contributed by atoms with E-state index in [1.54, 1.807) is 11.1 Å². The third-order valence-corrected chi connectivity index (χ3v) is 3.33. The summed E-state index contributed by atoms with van der Waals surface area (Å²) >= 11 is 0. The highest BCUT2D eigenvalue weighted by Crippen LogP contribution is 2.16. The fourth-order valence-electron chi connectivity index (χ4n) is 1.83. The highest BCUT2D eigenvalue weighted by molar-refractivity contribution is 5.81. The van der Waals surface area contributed by atoms with Crippen molar-refractivity contribution in [1.29, 1.82) is 0 Å². The van der Waals surface area contributed by atoms with Crippen molar-refractivity contribution < 1.29 is 4.79 Å². The molecule has 21 heavy (non-hydrogen) atoms. The summed E-state index contributed by atoms with van der Waals surface area (Å²) in [5.74, 6) is 0.115. The molecule has 0 radical (unpaired) electrons. The van der Waals surface area contributed by atoms with Crippen LogP contribution in [0.2, 0.25) is 0 Å². The summed E-state index contributed by atoms with van der Waals surface area (Å²) < 4.78 is 0. The van der Waals surface area contributed by atoms with Gasteiger partial charge in [-0.15, -0.1) is 0 Å². The number of rotatable bonds is 8. The van der Waals surface area contributed by atoms with Gasteiger partial charge in [0.05, 0.1) is 17.3 Å².